The van der Waals surface area contributed by atoms with Crippen molar-refractivity contribution in [2.45, 2.75) is 6.92 Å². The summed E-state index contributed by atoms with van der Waals surface area (Å²) in [7, 11) is 0. The van der Waals surface area contributed by atoms with Crippen LogP contribution >= 0.6 is 0 Å². The lowest BCUT2D eigenvalue weighted by Crippen LogP contribution is -1.96. The molecular formula is C9H8N4O2. The molecule has 0 bridgehead atoms. The first-order valence-electron chi connectivity index (χ1n) is 4.30. The molecule has 0 spiro atoms. The Morgan fingerprint density at radius 3 is 2.87 bits per heavy atom. The van der Waals surface area contributed by atoms with Crippen molar-refractivity contribution in [3.05, 3.63) is 46.5 Å². The van der Waals surface area contributed by atoms with Gasteiger partial charge in [0, 0.05) is 12.1 Å². The Balaban J connectivity index is 2.50. The van der Waals surface area contributed by atoms with E-state index >= 15 is 0 Å². The van der Waals surface area contributed by atoms with E-state index in [1.54, 1.807) is 23.6 Å². The molecular weight excluding hydrogens is 196 g/mol. The second kappa shape index (κ2) is 3.49. The zero-order chi connectivity index (χ0) is 10.8. The minimum atomic E-state index is -0.427. The second-order valence-corrected chi connectivity index (χ2v) is 3.03. The topological polar surface area (TPSA) is 73.8 Å². The molecule has 0 N–H and O–H groups in total. The first kappa shape index (κ1) is 9.32. The molecule has 0 aliphatic heterocycles. The molecule has 2 rings (SSSR count). The summed E-state index contributed by atoms with van der Waals surface area (Å²) in [5.74, 6) is 0.690. The summed E-state index contributed by atoms with van der Waals surface area (Å²) >= 11 is 0. The van der Waals surface area contributed by atoms with Crippen molar-refractivity contribution in [3.8, 4) is 5.69 Å². The van der Waals surface area contributed by atoms with Gasteiger partial charge in [0.1, 0.15) is 12.2 Å². The van der Waals surface area contributed by atoms with Crippen LogP contribution in [0.3, 0.4) is 0 Å². The molecule has 0 amide bonds. The fourth-order valence-corrected chi connectivity index (χ4v) is 1.30. The Labute approximate surface area is 85.3 Å². The van der Waals surface area contributed by atoms with Gasteiger partial charge in [-0.15, -0.1) is 10.2 Å². The molecule has 0 atom stereocenters. The van der Waals surface area contributed by atoms with Crippen molar-refractivity contribution >= 4 is 5.69 Å². The van der Waals surface area contributed by atoms with Gasteiger partial charge in [-0.3, -0.25) is 14.7 Å². The summed E-state index contributed by atoms with van der Waals surface area (Å²) in [6, 6.07) is 6.33. The maximum Gasteiger partial charge on any atom is 0.271 e. The van der Waals surface area contributed by atoms with E-state index in [1.165, 1.54) is 18.5 Å². The number of nitro groups is 1. The van der Waals surface area contributed by atoms with Gasteiger partial charge in [-0.25, -0.2) is 0 Å². The van der Waals surface area contributed by atoms with Crippen LogP contribution in [0.2, 0.25) is 0 Å². The zero-order valence-corrected chi connectivity index (χ0v) is 7.99. The Hall–Kier alpha value is -2.24. The summed E-state index contributed by atoms with van der Waals surface area (Å²) < 4.78 is 1.69. The van der Waals surface area contributed by atoms with Gasteiger partial charge in [0.2, 0.25) is 0 Å². The minimum Gasteiger partial charge on any atom is -0.286 e. The van der Waals surface area contributed by atoms with Gasteiger partial charge >= 0.3 is 0 Å². The molecule has 0 fully saturated rings. The molecule has 76 valence electrons. The van der Waals surface area contributed by atoms with E-state index in [9.17, 15) is 10.1 Å². The molecule has 1 aromatic heterocycles. The van der Waals surface area contributed by atoms with Gasteiger partial charge in [0.25, 0.3) is 5.69 Å². The van der Waals surface area contributed by atoms with Crippen LogP contribution in [-0.2, 0) is 0 Å². The third-order valence-corrected chi connectivity index (χ3v) is 2.04. The van der Waals surface area contributed by atoms with Gasteiger partial charge < -0.3 is 0 Å². The van der Waals surface area contributed by atoms with Crippen LogP contribution in [-0.4, -0.2) is 19.7 Å². The van der Waals surface area contributed by atoms with E-state index in [4.69, 9.17) is 0 Å². The molecule has 6 heteroatoms. The number of nitrogens with zero attached hydrogens (tertiary/aromatic N) is 4. The highest BCUT2D eigenvalue weighted by molar-refractivity contribution is 5.43. The average Bonchev–Trinajstić information content (AvgIpc) is 2.64. The van der Waals surface area contributed by atoms with Crippen molar-refractivity contribution in [3.63, 3.8) is 0 Å². The fraction of sp³-hybridized carbons (Fsp3) is 0.111. The van der Waals surface area contributed by atoms with E-state index in [2.05, 4.69) is 10.2 Å². The first-order valence-corrected chi connectivity index (χ1v) is 4.30. The van der Waals surface area contributed by atoms with Crippen LogP contribution < -0.4 is 0 Å². The van der Waals surface area contributed by atoms with E-state index < -0.39 is 4.92 Å². The standard InChI is InChI=1S/C9H8N4O2/c1-7-11-10-6-12(7)8-3-2-4-9(5-8)13(14)15/h2-6H,1H3. The third-order valence-electron chi connectivity index (χ3n) is 2.04. The van der Waals surface area contributed by atoms with E-state index in [0.29, 0.717) is 11.5 Å². The summed E-state index contributed by atoms with van der Waals surface area (Å²) in [6.07, 6.45) is 1.52. The van der Waals surface area contributed by atoms with E-state index in [-0.39, 0.29) is 5.69 Å². The Morgan fingerprint density at radius 2 is 2.27 bits per heavy atom. The lowest BCUT2D eigenvalue weighted by Gasteiger charge is -2.02. The molecule has 0 aliphatic carbocycles. The van der Waals surface area contributed by atoms with Crippen molar-refractivity contribution < 1.29 is 4.92 Å². The zero-order valence-electron chi connectivity index (χ0n) is 7.99. The van der Waals surface area contributed by atoms with Crippen LogP contribution in [0.25, 0.3) is 5.69 Å². The third kappa shape index (κ3) is 1.69. The number of nitro benzene ring substituents is 1. The summed E-state index contributed by atoms with van der Waals surface area (Å²) in [5.41, 5.74) is 0.743. The molecule has 0 saturated heterocycles. The predicted octanol–water partition coefficient (Wildman–Crippen LogP) is 1.48. The smallest absolute Gasteiger partial charge is 0.271 e. The van der Waals surface area contributed by atoms with Crippen LogP contribution in [0.4, 0.5) is 5.69 Å². The Morgan fingerprint density at radius 1 is 1.47 bits per heavy atom. The first-order chi connectivity index (χ1) is 7.18. The highest BCUT2D eigenvalue weighted by Crippen LogP contribution is 2.16. The average molecular weight is 204 g/mol. The number of benzene rings is 1. The van der Waals surface area contributed by atoms with Gasteiger partial charge in [-0.1, -0.05) is 6.07 Å². The molecule has 1 heterocycles. The molecule has 2 aromatic rings. The molecule has 0 aliphatic rings. The monoisotopic (exact) mass is 204 g/mol. The Kier molecular flexibility index (Phi) is 2.17. The van der Waals surface area contributed by atoms with Crippen LogP contribution in [0.1, 0.15) is 5.82 Å². The number of hydrogen-bond acceptors (Lipinski definition) is 4. The molecule has 15 heavy (non-hydrogen) atoms. The number of non-ortho nitro benzene ring substituents is 1. The summed E-state index contributed by atoms with van der Waals surface area (Å²) in [4.78, 5) is 10.1. The molecule has 1 aromatic carbocycles. The second-order valence-electron chi connectivity index (χ2n) is 3.03. The molecule has 0 radical (unpaired) electrons. The fourth-order valence-electron chi connectivity index (χ4n) is 1.30. The molecule has 0 saturated carbocycles. The SMILES string of the molecule is Cc1nncn1-c1cccc([N+](=O)[O-])c1. The van der Waals surface area contributed by atoms with Gasteiger partial charge in [0.15, 0.2) is 0 Å². The lowest BCUT2D eigenvalue weighted by atomic mass is 10.3. The highest BCUT2D eigenvalue weighted by Gasteiger charge is 2.08. The quantitative estimate of drug-likeness (QED) is 0.548. The Bertz CT molecular complexity index is 506. The van der Waals surface area contributed by atoms with Crippen molar-refractivity contribution in [1.82, 2.24) is 14.8 Å². The maximum atomic E-state index is 10.6. The van der Waals surface area contributed by atoms with Crippen LogP contribution in [0, 0.1) is 17.0 Å². The summed E-state index contributed by atoms with van der Waals surface area (Å²) in [5, 5.41) is 18.1. The van der Waals surface area contributed by atoms with E-state index in [1.807, 2.05) is 0 Å². The number of rotatable bonds is 2. The minimum absolute atomic E-state index is 0.0561. The van der Waals surface area contributed by atoms with Gasteiger partial charge in [-0.05, 0) is 13.0 Å². The molecule has 6 nitrogen and oxygen atoms in total. The number of hydrogen-bond donors (Lipinski definition) is 0. The predicted molar refractivity (Wildman–Crippen MR) is 52.8 cm³/mol. The van der Waals surface area contributed by atoms with Crippen LogP contribution in [0.15, 0.2) is 30.6 Å². The maximum absolute atomic E-state index is 10.6. The van der Waals surface area contributed by atoms with Gasteiger partial charge in [-0.2, -0.15) is 0 Å². The van der Waals surface area contributed by atoms with E-state index in [0.717, 1.165) is 0 Å². The normalized spacial score (nSPS) is 10.2. The van der Waals surface area contributed by atoms with Crippen molar-refractivity contribution in [1.29, 1.82) is 0 Å². The van der Waals surface area contributed by atoms with Crippen LogP contribution in [0.5, 0.6) is 0 Å². The van der Waals surface area contributed by atoms with Gasteiger partial charge in [0.05, 0.1) is 10.6 Å². The number of aromatic nitrogens is 3. The molecule has 0 unspecified atom stereocenters. The van der Waals surface area contributed by atoms with Crippen molar-refractivity contribution in [2.24, 2.45) is 0 Å². The van der Waals surface area contributed by atoms with Crippen molar-refractivity contribution in [2.75, 3.05) is 0 Å². The lowest BCUT2D eigenvalue weighted by molar-refractivity contribution is -0.384. The number of aryl methyl sites for hydroxylation is 1. The largest absolute Gasteiger partial charge is 0.286 e. The summed E-state index contributed by atoms with van der Waals surface area (Å²) in [6.45, 7) is 1.78. The highest BCUT2D eigenvalue weighted by atomic mass is 16.6.